The molecule has 0 heterocycles. The summed E-state index contributed by atoms with van der Waals surface area (Å²) in [5, 5.41) is 12.0. The fourth-order valence-electron chi connectivity index (χ4n) is 15.3. The van der Waals surface area contributed by atoms with Crippen LogP contribution >= 0.6 is 83.1 Å². The first-order valence-electron chi connectivity index (χ1n) is 33.3. The number of halogens is 4. The van der Waals surface area contributed by atoms with Crippen LogP contribution in [0.2, 0.25) is 0 Å². The Labute approximate surface area is 589 Å². The number of benzene rings is 12. The van der Waals surface area contributed by atoms with Gasteiger partial charge in [0.05, 0.1) is 0 Å². The second-order valence-corrected chi connectivity index (χ2v) is 60.4. The van der Waals surface area contributed by atoms with Crippen molar-refractivity contribution in [3.63, 3.8) is 0 Å². The van der Waals surface area contributed by atoms with E-state index in [0.29, 0.717) is 74.5 Å². The monoisotopic (exact) mass is 1450 g/mol. The van der Waals surface area contributed by atoms with Crippen molar-refractivity contribution in [2.45, 2.75) is 12.8 Å². The van der Waals surface area contributed by atoms with Gasteiger partial charge in [0.2, 0.25) is 0 Å². The molecule has 0 spiro atoms. The second kappa shape index (κ2) is 29.0. The third kappa shape index (κ3) is 13.4. The molecule has 0 aromatic heterocycles. The Balaban J connectivity index is 1.00. The fraction of sp³-hybridized carbons (Fsp3) is 0.143. The molecular formula is C84H84Cl4O2P6. The predicted molar refractivity (Wildman–Crippen MR) is 437 cm³/mol. The molecule has 0 atom stereocenters. The second-order valence-electron chi connectivity index (χ2n) is 26.0. The topological polar surface area (TPSA) is 34.1 Å². The molecule has 0 amide bonds. The van der Waals surface area contributed by atoms with E-state index >= 15 is 9.13 Å². The summed E-state index contributed by atoms with van der Waals surface area (Å²) in [5.74, 6) is -15.9. The molecule has 96 heavy (non-hydrogen) atoms. The minimum absolute atomic E-state index is 0.365. The zero-order chi connectivity index (χ0) is 66.6. The Morgan fingerprint density at radius 3 is 0.479 bits per heavy atom. The molecule has 0 bridgehead atoms. The summed E-state index contributed by atoms with van der Waals surface area (Å²) in [7, 11) is -6.54. The summed E-state index contributed by atoms with van der Waals surface area (Å²) in [6.07, 6.45) is 6.56. The van der Waals surface area contributed by atoms with E-state index in [-0.39, 0.29) is 0 Å². The molecule has 0 aliphatic heterocycles. The van der Waals surface area contributed by atoms with Crippen molar-refractivity contribution in [2.75, 3.05) is 61.6 Å². The van der Waals surface area contributed by atoms with Gasteiger partial charge in [0, 0.05) is 0 Å². The van der Waals surface area contributed by atoms with E-state index in [1.54, 1.807) is 0 Å². The zero-order valence-corrected chi connectivity index (χ0v) is 62.5. The maximum atomic E-state index is 16.4. The van der Waals surface area contributed by atoms with Gasteiger partial charge in [-0.2, -0.15) is 0 Å². The van der Waals surface area contributed by atoms with Crippen molar-refractivity contribution in [2.24, 2.45) is 0 Å². The van der Waals surface area contributed by atoms with E-state index in [0.717, 1.165) is 63.7 Å². The van der Waals surface area contributed by atoms with Crippen molar-refractivity contribution in [1.29, 1.82) is 0 Å². The van der Waals surface area contributed by atoms with E-state index in [4.69, 9.17) is 0 Å². The Morgan fingerprint density at radius 1 is 0.188 bits per heavy atom. The van der Waals surface area contributed by atoms with Crippen LogP contribution < -0.4 is 63.7 Å². The predicted octanol–water partition coefficient (Wildman–Crippen LogP) is 19.2. The quantitative estimate of drug-likeness (QED) is 0.0438. The van der Waals surface area contributed by atoms with Gasteiger partial charge in [-0.3, -0.25) is 0 Å². The number of hydrogen-bond donors (Lipinski definition) is 0. The first-order chi connectivity index (χ1) is 46.5. The molecular weight excluding hydrogens is 1370 g/mol. The van der Waals surface area contributed by atoms with Crippen LogP contribution in [0, 0.1) is 0 Å². The van der Waals surface area contributed by atoms with E-state index in [1.165, 1.54) is 0 Å². The fourth-order valence-corrected chi connectivity index (χ4v) is 52.2. The Kier molecular flexibility index (Phi) is 21.1. The van der Waals surface area contributed by atoms with Gasteiger partial charge in [0.25, 0.3) is 0 Å². The van der Waals surface area contributed by atoms with Gasteiger partial charge in [-0.1, -0.05) is 0 Å². The standard InChI is InChI=1S/C84H84Cl4O2P6/c85-93(77-47-21-5-22-48-77,78-49-23-6-24-50-78,69-63-91(89,73-39-13-1-14-40-73)74-41-15-2-16-42-74)65-37-67-95(87,81-55-29-9-30-56-81,82-57-31-10-32-58-82)71-72-96(88,83-59-33-11-34-60-83,84-61-35-12-36-62-84)68-38-66-94(86,79-51-25-7-26-52-79,80-53-27-8-28-54-80)70-64-92(90,75-43-17-3-18-44-75)76-45-19-4-20-46-76/h1-36,39-62H,37-38,63-72H2. The molecule has 0 aliphatic carbocycles. The molecule has 0 fully saturated rings. The van der Waals surface area contributed by atoms with Gasteiger partial charge < -0.3 is 0 Å². The Bertz CT molecular complexity index is 4040. The maximum absolute atomic E-state index is 16.4. The summed E-state index contributed by atoms with van der Waals surface area (Å²) < 4.78 is 32.7. The van der Waals surface area contributed by atoms with Crippen LogP contribution in [0.4, 0.5) is 0 Å². The number of hydrogen-bond acceptors (Lipinski definition) is 2. The van der Waals surface area contributed by atoms with Crippen molar-refractivity contribution in [3.05, 3.63) is 364 Å². The van der Waals surface area contributed by atoms with E-state index in [9.17, 15) is 45.0 Å². The molecule has 12 aromatic carbocycles. The normalized spacial score (nSPS) is 14.1. The molecule has 12 rings (SSSR count). The van der Waals surface area contributed by atoms with Crippen molar-refractivity contribution in [1.82, 2.24) is 0 Å². The van der Waals surface area contributed by atoms with Gasteiger partial charge in [0.1, 0.15) is 0 Å². The van der Waals surface area contributed by atoms with Crippen LogP contribution in [0.15, 0.2) is 364 Å². The summed E-state index contributed by atoms with van der Waals surface area (Å²) >= 11 is 37.4. The molecule has 0 aliphatic rings. The first-order valence-corrected chi connectivity index (χ1v) is 51.1. The van der Waals surface area contributed by atoms with Gasteiger partial charge in [-0.05, 0) is 0 Å². The number of rotatable bonds is 29. The van der Waals surface area contributed by atoms with Crippen molar-refractivity contribution < 1.29 is 9.13 Å². The summed E-state index contributed by atoms with van der Waals surface area (Å²) in [4.78, 5) is 0. The third-order valence-corrected chi connectivity index (χ3v) is 58.3. The Hall–Kier alpha value is -6.02. The molecule has 490 valence electrons. The summed E-state index contributed by atoms with van der Waals surface area (Å²) in [6, 6.07) is 126. The minimum atomic E-state index is -4.04. The Morgan fingerprint density at radius 2 is 0.323 bits per heavy atom. The molecule has 0 radical (unpaired) electrons. The van der Waals surface area contributed by atoms with E-state index in [2.05, 4.69) is 243 Å². The van der Waals surface area contributed by atoms with Gasteiger partial charge in [0.15, 0.2) is 0 Å². The molecule has 0 saturated heterocycles. The van der Waals surface area contributed by atoms with Crippen molar-refractivity contribution >= 4 is 147 Å². The summed E-state index contributed by atoms with van der Waals surface area (Å²) in [5.41, 5.74) is 0. The van der Waals surface area contributed by atoms with Crippen LogP contribution in [-0.2, 0) is 9.13 Å². The molecule has 12 heteroatoms. The van der Waals surface area contributed by atoms with Crippen molar-refractivity contribution in [3.8, 4) is 0 Å². The van der Waals surface area contributed by atoms with Crippen LogP contribution in [0.5, 0.6) is 0 Å². The third-order valence-electron chi connectivity index (χ3n) is 20.8. The van der Waals surface area contributed by atoms with Crippen LogP contribution in [0.3, 0.4) is 0 Å². The summed E-state index contributed by atoms with van der Waals surface area (Å²) in [6.45, 7) is 0. The van der Waals surface area contributed by atoms with Crippen LogP contribution in [0.1, 0.15) is 12.8 Å². The molecule has 0 unspecified atom stereocenters. The van der Waals surface area contributed by atoms with Crippen LogP contribution in [0.25, 0.3) is 0 Å². The van der Waals surface area contributed by atoms with Crippen LogP contribution in [-0.4, -0.2) is 61.6 Å². The molecule has 0 saturated carbocycles. The van der Waals surface area contributed by atoms with E-state index in [1.807, 2.05) is 121 Å². The van der Waals surface area contributed by atoms with Gasteiger partial charge >= 0.3 is 594 Å². The molecule has 0 N–H and O–H groups in total. The average Bonchev–Trinajstić information content (AvgIpc) is 0.714. The zero-order valence-electron chi connectivity index (χ0n) is 54.1. The molecule has 2 nitrogen and oxygen atoms in total. The first kappa shape index (κ1) is 69.9. The van der Waals surface area contributed by atoms with Gasteiger partial charge in [-0.25, -0.2) is 0 Å². The van der Waals surface area contributed by atoms with Gasteiger partial charge in [-0.15, -0.1) is 0 Å². The van der Waals surface area contributed by atoms with E-state index < -0.39 is 38.1 Å². The average molecular weight is 1450 g/mol. The molecule has 12 aromatic rings. The SMILES string of the molecule is O=P(CCP(Cl)(CCCP(Cl)(CCP(Cl)(CCCP(Cl)(CCP(=O)(c1ccccc1)c1ccccc1)(c1ccccc1)c1ccccc1)(c1ccccc1)c1ccccc1)(c1ccccc1)c1ccccc1)(c1ccccc1)c1ccccc1)(c1ccccc1)c1ccccc1.